The first kappa shape index (κ1) is 19.5. The van der Waals surface area contributed by atoms with Crippen LogP contribution in [-0.4, -0.2) is 18.0 Å². The molecular weight excluding hydrogens is 354 g/mol. The third kappa shape index (κ3) is 4.17. The lowest BCUT2D eigenvalue weighted by Crippen LogP contribution is -2.43. The van der Waals surface area contributed by atoms with Crippen LogP contribution in [0.4, 0.5) is 16.2 Å². The summed E-state index contributed by atoms with van der Waals surface area (Å²) in [6.45, 7) is 11.5. The molecule has 1 heterocycles. The third-order valence-corrected chi connectivity index (χ3v) is 4.67. The Balaban J connectivity index is 1.72. The van der Waals surface area contributed by atoms with Crippen molar-refractivity contribution >= 4 is 28.9 Å². The van der Waals surface area contributed by atoms with Gasteiger partial charge in [0.25, 0.3) is 5.91 Å². The van der Waals surface area contributed by atoms with E-state index in [0.717, 1.165) is 16.7 Å². The van der Waals surface area contributed by atoms with Crippen LogP contribution in [0.1, 0.15) is 38.8 Å². The van der Waals surface area contributed by atoms with Crippen molar-refractivity contribution in [3.63, 3.8) is 0 Å². The van der Waals surface area contributed by atoms with Crippen LogP contribution in [0.15, 0.2) is 49.0 Å². The van der Waals surface area contributed by atoms with Crippen molar-refractivity contribution in [3.05, 3.63) is 60.2 Å². The van der Waals surface area contributed by atoms with E-state index in [1.807, 2.05) is 45.0 Å². The Labute approximate surface area is 165 Å². The first-order valence-corrected chi connectivity index (χ1v) is 9.13. The van der Waals surface area contributed by atoms with Crippen LogP contribution in [0.5, 0.6) is 5.75 Å². The summed E-state index contributed by atoms with van der Waals surface area (Å²) in [7, 11) is 0. The summed E-state index contributed by atoms with van der Waals surface area (Å²) in [5.41, 5.74) is 3.48. The van der Waals surface area contributed by atoms with Crippen molar-refractivity contribution < 1.29 is 14.3 Å². The molecule has 6 heteroatoms. The van der Waals surface area contributed by atoms with Crippen molar-refractivity contribution in [2.24, 2.45) is 0 Å². The zero-order valence-corrected chi connectivity index (χ0v) is 16.6. The lowest BCUT2D eigenvalue weighted by atomic mass is 9.92. The summed E-state index contributed by atoms with van der Waals surface area (Å²) in [6, 6.07) is 12.7. The summed E-state index contributed by atoms with van der Waals surface area (Å²) in [6.07, 6.45) is -0.537. The summed E-state index contributed by atoms with van der Waals surface area (Å²) >= 11 is 0. The monoisotopic (exact) mass is 379 g/mol. The number of hydrogen-bond acceptors (Lipinski definition) is 3. The number of anilines is 2. The molecule has 0 bridgehead atoms. The fraction of sp³-hybridized carbons (Fsp3) is 0.273. The highest BCUT2D eigenvalue weighted by molar-refractivity contribution is 5.99. The predicted molar refractivity (Wildman–Crippen MR) is 111 cm³/mol. The average molecular weight is 379 g/mol. The number of fused-ring (bicyclic) bond motifs is 1. The smallest absolute Gasteiger partial charge is 0.319 e. The second-order valence-electron chi connectivity index (χ2n) is 7.53. The summed E-state index contributed by atoms with van der Waals surface area (Å²) in [5.74, 6) is 0.364. The van der Waals surface area contributed by atoms with E-state index >= 15 is 0 Å². The van der Waals surface area contributed by atoms with E-state index in [1.165, 1.54) is 0 Å². The quantitative estimate of drug-likeness (QED) is 0.732. The van der Waals surface area contributed by atoms with E-state index in [4.69, 9.17) is 4.74 Å². The minimum atomic E-state index is -0.587. The van der Waals surface area contributed by atoms with E-state index in [-0.39, 0.29) is 11.9 Å². The number of rotatable bonds is 4. The number of benzene rings is 2. The third-order valence-electron chi connectivity index (χ3n) is 4.67. The maximum Gasteiger partial charge on any atom is 0.319 e. The molecule has 0 aliphatic carbocycles. The maximum atomic E-state index is 12.5. The van der Waals surface area contributed by atoms with Gasteiger partial charge in [-0.3, -0.25) is 4.79 Å². The van der Waals surface area contributed by atoms with E-state index < -0.39 is 11.6 Å². The van der Waals surface area contributed by atoms with Gasteiger partial charge in [0.2, 0.25) is 0 Å². The van der Waals surface area contributed by atoms with E-state index in [2.05, 4.69) is 22.5 Å². The summed E-state index contributed by atoms with van der Waals surface area (Å²) in [5, 5.41) is 8.56. The zero-order valence-electron chi connectivity index (χ0n) is 16.6. The number of carbonyl (C=O) groups is 2. The number of urea groups is 1. The zero-order chi connectivity index (χ0) is 20.5. The molecular formula is C22H25N3O3. The molecule has 0 saturated heterocycles. The predicted octanol–water partition coefficient (Wildman–Crippen LogP) is 4.50. The van der Waals surface area contributed by atoms with Crippen LogP contribution in [0.25, 0.3) is 5.57 Å². The Morgan fingerprint density at radius 1 is 1.21 bits per heavy atom. The van der Waals surface area contributed by atoms with Crippen LogP contribution in [0.2, 0.25) is 0 Å². The molecule has 0 aromatic heterocycles. The molecule has 2 aromatic rings. The minimum Gasteiger partial charge on any atom is -0.479 e. The molecule has 0 radical (unpaired) electrons. The summed E-state index contributed by atoms with van der Waals surface area (Å²) < 4.78 is 5.53. The van der Waals surface area contributed by atoms with Gasteiger partial charge in [0.05, 0.1) is 11.2 Å². The number of carbonyl (C=O) groups excluding carboxylic acids is 2. The Morgan fingerprint density at radius 3 is 2.68 bits per heavy atom. The number of hydrogen-bond donors (Lipinski definition) is 3. The molecule has 6 nitrogen and oxygen atoms in total. The highest BCUT2D eigenvalue weighted by atomic mass is 16.5. The number of ether oxygens (including phenoxy) is 1. The van der Waals surface area contributed by atoms with Crippen LogP contribution in [0.3, 0.4) is 0 Å². The van der Waals surface area contributed by atoms with Crippen molar-refractivity contribution in [2.45, 2.75) is 39.3 Å². The molecule has 0 saturated carbocycles. The van der Waals surface area contributed by atoms with Gasteiger partial charge >= 0.3 is 6.03 Å². The SMILES string of the molecule is C=C(C)c1cccc(C(C)(C)NC(=O)Nc2ccc3c(c2)NC(=O)C(C)O3)c1. The van der Waals surface area contributed by atoms with Gasteiger partial charge in [0, 0.05) is 5.69 Å². The van der Waals surface area contributed by atoms with E-state index in [0.29, 0.717) is 17.1 Å². The van der Waals surface area contributed by atoms with E-state index in [9.17, 15) is 9.59 Å². The lowest BCUT2D eigenvalue weighted by Gasteiger charge is -2.28. The molecule has 1 aliphatic rings. The molecule has 1 atom stereocenters. The van der Waals surface area contributed by atoms with Gasteiger partial charge in [-0.05, 0) is 63.1 Å². The second kappa shape index (κ2) is 7.38. The molecule has 1 unspecified atom stereocenters. The largest absolute Gasteiger partial charge is 0.479 e. The second-order valence-corrected chi connectivity index (χ2v) is 7.53. The topological polar surface area (TPSA) is 79.5 Å². The fourth-order valence-corrected chi connectivity index (χ4v) is 2.98. The molecule has 0 fully saturated rings. The van der Waals surface area contributed by atoms with Gasteiger partial charge < -0.3 is 20.7 Å². The normalized spacial score (nSPS) is 15.7. The molecule has 1 aliphatic heterocycles. The Hall–Kier alpha value is -3.28. The first-order chi connectivity index (χ1) is 13.2. The van der Waals surface area contributed by atoms with Crippen molar-refractivity contribution in [3.8, 4) is 5.75 Å². The van der Waals surface area contributed by atoms with Gasteiger partial charge in [0.1, 0.15) is 5.75 Å². The Kier molecular flexibility index (Phi) is 5.14. The van der Waals surface area contributed by atoms with Crippen LogP contribution in [-0.2, 0) is 10.3 Å². The number of amides is 3. The van der Waals surface area contributed by atoms with Gasteiger partial charge in [0.15, 0.2) is 6.10 Å². The molecule has 3 amide bonds. The average Bonchev–Trinajstić information content (AvgIpc) is 2.62. The Bertz CT molecular complexity index is 950. The summed E-state index contributed by atoms with van der Waals surface area (Å²) in [4.78, 5) is 24.3. The maximum absolute atomic E-state index is 12.5. The highest BCUT2D eigenvalue weighted by Gasteiger charge is 2.25. The molecule has 3 N–H and O–H groups in total. The van der Waals surface area contributed by atoms with Gasteiger partial charge in [-0.25, -0.2) is 4.79 Å². The molecule has 28 heavy (non-hydrogen) atoms. The van der Waals surface area contributed by atoms with Gasteiger partial charge in [-0.2, -0.15) is 0 Å². The highest BCUT2D eigenvalue weighted by Crippen LogP contribution is 2.32. The van der Waals surface area contributed by atoms with Crippen LogP contribution in [0, 0.1) is 0 Å². The van der Waals surface area contributed by atoms with Crippen molar-refractivity contribution in [2.75, 3.05) is 10.6 Å². The fourth-order valence-electron chi connectivity index (χ4n) is 2.98. The standard InChI is InChI=1S/C22H25N3O3/c1-13(2)15-7-6-8-16(11-15)22(4,5)25-21(27)23-17-9-10-19-18(12-17)24-20(26)14(3)28-19/h6-12,14H,1H2,2-5H3,(H,24,26)(H2,23,25,27). The number of allylic oxidation sites excluding steroid dienone is 1. The first-order valence-electron chi connectivity index (χ1n) is 9.13. The molecule has 0 spiro atoms. The molecule has 3 rings (SSSR count). The molecule has 146 valence electrons. The number of nitrogens with one attached hydrogen (secondary N) is 3. The van der Waals surface area contributed by atoms with E-state index in [1.54, 1.807) is 25.1 Å². The minimum absolute atomic E-state index is 0.215. The van der Waals surface area contributed by atoms with Crippen molar-refractivity contribution in [1.82, 2.24) is 5.32 Å². The van der Waals surface area contributed by atoms with Crippen LogP contribution >= 0.6 is 0 Å². The van der Waals surface area contributed by atoms with Gasteiger partial charge in [-0.1, -0.05) is 30.4 Å². The van der Waals surface area contributed by atoms with Crippen LogP contribution < -0.4 is 20.7 Å². The van der Waals surface area contributed by atoms with Crippen molar-refractivity contribution in [1.29, 1.82) is 0 Å². The lowest BCUT2D eigenvalue weighted by molar-refractivity contribution is -0.122. The van der Waals surface area contributed by atoms with Gasteiger partial charge in [-0.15, -0.1) is 0 Å². The molecule has 2 aromatic carbocycles. The Morgan fingerprint density at radius 2 is 1.96 bits per heavy atom.